The van der Waals surface area contributed by atoms with E-state index < -0.39 is 0 Å². The maximum absolute atomic E-state index is 6.99. The Morgan fingerprint density at radius 2 is 0.843 bits per heavy atom. The van der Waals surface area contributed by atoms with Crippen LogP contribution in [0.2, 0.25) is 0 Å². The first-order valence-corrected chi connectivity index (χ1v) is 25.1. The van der Waals surface area contributed by atoms with Crippen LogP contribution in [-0.4, -0.2) is 19.5 Å². The maximum atomic E-state index is 6.99. The molecular weight excluding hydrogens is 893 g/mol. The third-order valence-electron chi connectivity index (χ3n) is 14.4. The summed E-state index contributed by atoms with van der Waals surface area (Å²) in [7, 11) is 0. The summed E-state index contributed by atoms with van der Waals surface area (Å²) in [5.74, 6) is 1.78. The number of hydrogen-bond donors (Lipinski definition) is 0. The van der Waals surface area contributed by atoms with Gasteiger partial charge in [0.15, 0.2) is 17.5 Å². The van der Waals surface area contributed by atoms with Crippen molar-refractivity contribution >= 4 is 139 Å². The van der Waals surface area contributed by atoms with E-state index in [1.807, 2.05) is 28.7 Å². The zero-order valence-corrected chi connectivity index (χ0v) is 38.8. The van der Waals surface area contributed by atoms with Gasteiger partial charge in [-0.15, -0.1) is 22.7 Å². The van der Waals surface area contributed by atoms with E-state index in [-0.39, 0.29) is 0 Å². The van der Waals surface area contributed by atoms with E-state index >= 15 is 0 Å². The van der Waals surface area contributed by atoms with E-state index in [2.05, 4.69) is 205 Å². The number of benzene rings is 11. The van der Waals surface area contributed by atoms with E-state index in [4.69, 9.17) is 19.4 Å². The molecule has 0 unspecified atom stereocenters. The first-order chi connectivity index (χ1) is 34.6. The van der Waals surface area contributed by atoms with Gasteiger partial charge in [-0.05, 0) is 129 Å². The Morgan fingerprint density at radius 1 is 0.343 bits per heavy atom. The van der Waals surface area contributed by atoms with Gasteiger partial charge in [0.05, 0.1) is 16.6 Å². The predicted molar refractivity (Wildman–Crippen MR) is 296 cm³/mol. The van der Waals surface area contributed by atoms with Crippen molar-refractivity contribution in [1.29, 1.82) is 0 Å². The van der Waals surface area contributed by atoms with E-state index in [9.17, 15) is 0 Å². The van der Waals surface area contributed by atoms with Crippen molar-refractivity contribution < 1.29 is 4.42 Å². The second-order valence-corrected chi connectivity index (χ2v) is 20.5. The molecule has 0 atom stereocenters. The van der Waals surface area contributed by atoms with Gasteiger partial charge < -0.3 is 8.98 Å². The van der Waals surface area contributed by atoms with E-state index in [1.54, 1.807) is 0 Å². The Hall–Kier alpha value is -8.75. The van der Waals surface area contributed by atoms with Gasteiger partial charge in [-0.2, -0.15) is 0 Å². The van der Waals surface area contributed by atoms with Gasteiger partial charge in [0.1, 0.15) is 11.2 Å². The SMILES string of the molecule is c1ccc2cc3c(cc2c1)c1cc2ccccc2cc1n3-c1ccc2cc(-c3nc(-c4ccc5sc6ccccc6c5c4)nc(-c4ccc5sc6ccccc6c5c4)n3)c3oc4ccccc4c3c2c1. The normalized spacial score (nSPS) is 12.3. The molecule has 0 saturated heterocycles. The summed E-state index contributed by atoms with van der Waals surface area (Å²) < 4.78 is 14.4. The predicted octanol–water partition coefficient (Wildman–Crippen LogP) is 18.1. The lowest BCUT2D eigenvalue weighted by Crippen LogP contribution is -2.00. The summed E-state index contributed by atoms with van der Waals surface area (Å²) in [5, 5.41) is 16.4. The molecule has 5 heterocycles. The number of nitrogens with zero attached hydrogens (tertiary/aromatic N) is 4. The summed E-state index contributed by atoms with van der Waals surface area (Å²) in [5.41, 5.74) is 7.64. The van der Waals surface area contributed by atoms with Crippen molar-refractivity contribution in [3.8, 4) is 39.9 Å². The highest BCUT2D eigenvalue weighted by Gasteiger charge is 2.23. The van der Waals surface area contributed by atoms with E-state index in [1.165, 1.54) is 83.7 Å². The van der Waals surface area contributed by atoms with E-state index in [0.29, 0.717) is 17.5 Å². The zero-order chi connectivity index (χ0) is 45.6. The fourth-order valence-corrected chi connectivity index (χ4v) is 13.2. The largest absolute Gasteiger partial charge is 0.455 e. The minimum atomic E-state index is 0.557. The molecule has 16 aromatic rings. The molecule has 324 valence electrons. The quantitative estimate of drug-likeness (QED) is 0.176. The topological polar surface area (TPSA) is 56.7 Å². The van der Waals surface area contributed by atoms with Gasteiger partial charge in [-0.1, -0.05) is 109 Å². The molecular formula is C63H34N4OS2. The molecule has 16 rings (SSSR count). The van der Waals surface area contributed by atoms with Crippen LogP contribution in [0.25, 0.3) is 156 Å². The number of para-hydroxylation sites is 1. The Labute approximate surface area is 406 Å². The average molecular weight is 927 g/mol. The lowest BCUT2D eigenvalue weighted by atomic mass is 9.99. The van der Waals surface area contributed by atoms with Crippen LogP contribution in [0, 0.1) is 0 Å². The molecule has 0 radical (unpaired) electrons. The highest BCUT2D eigenvalue weighted by molar-refractivity contribution is 7.26. The zero-order valence-electron chi connectivity index (χ0n) is 37.1. The van der Waals surface area contributed by atoms with Gasteiger partial charge in [0.2, 0.25) is 0 Å². The number of hydrogen-bond acceptors (Lipinski definition) is 6. The van der Waals surface area contributed by atoms with Crippen LogP contribution in [0.1, 0.15) is 0 Å². The Bertz CT molecular complexity index is 4690. The van der Waals surface area contributed by atoms with Gasteiger partial charge in [0, 0.05) is 78.7 Å². The molecule has 0 spiro atoms. The molecule has 0 bridgehead atoms. The highest BCUT2D eigenvalue weighted by atomic mass is 32.1. The first-order valence-electron chi connectivity index (χ1n) is 23.5. The summed E-state index contributed by atoms with van der Waals surface area (Å²) in [6.45, 7) is 0. The van der Waals surface area contributed by atoms with Gasteiger partial charge >= 0.3 is 0 Å². The van der Waals surface area contributed by atoms with Crippen molar-refractivity contribution in [3.05, 3.63) is 206 Å². The molecule has 0 aliphatic rings. The summed E-state index contributed by atoms with van der Waals surface area (Å²) in [6.07, 6.45) is 0. The Morgan fingerprint density at radius 3 is 1.44 bits per heavy atom. The monoisotopic (exact) mass is 926 g/mol. The van der Waals surface area contributed by atoms with Crippen LogP contribution in [-0.2, 0) is 0 Å². The lowest BCUT2D eigenvalue weighted by molar-refractivity contribution is 0.670. The summed E-state index contributed by atoms with van der Waals surface area (Å²) >= 11 is 3.62. The first kappa shape index (κ1) is 38.2. The third-order valence-corrected chi connectivity index (χ3v) is 16.7. The highest BCUT2D eigenvalue weighted by Crippen LogP contribution is 2.44. The van der Waals surface area contributed by atoms with Gasteiger partial charge in [0.25, 0.3) is 0 Å². The molecule has 0 aliphatic carbocycles. The second-order valence-electron chi connectivity index (χ2n) is 18.3. The number of thiophene rings is 2. The minimum Gasteiger partial charge on any atom is -0.455 e. The maximum Gasteiger partial charge on any atom is 0.167 e. The van der Waals surface area contributed by atoms with Crippen molar-refractivity contribution in [1.82, 2.24) is 19.5 Å². The average Bonchev–Trinajstić information content (AvgIpc) is 4.18. The molecule has 0 fully saturated rings. The van der Waals surface area contributed by atoms with Crippen molar-refractivity contribution in [2.45, 2.75) is 0 Å². The molecule has 11 aromatic carbocycles. The van der Waals surface area contributed by atoms with Crippen LogP contribution in [0.5, 0.6) is 0 Å². The van der Waals surface area contributed by atoms with Gasteiger partial charge in [-0.3, -0.25) is 0 Å². The molecule has 7 heteroatoms. The Balaban J connectivity index is 0.956. The molecule has 0 aliphatic heterocycles. The third kappa shape index (κ3) is 5.61. The molecule has 0 amide bonds. The number of furan rings is 1. The minimum absolute atomic E-state index is 0.557. The second kappa shape index (κ2) is 14.4. The van der Waals surface area contributed by atoms with Crippen molar-refractivity contribution in [2.75, 3.05) is 0 Å². The van der Waals surface area contributed by atoms with Crippen LogP contribution in [0.4, 0.5) is 0 Å². The molecule has 5 nitrogen and oxygen atoms in total. The van der Waals surface area contributed by atoms with Crippen LogP contribution >= 0.6 is 22.7 Å². The fourth-order valence-electron chi connectivity index (χ4n) is 11.1. The van der Waals surface area contributed by atoms with E-state index in [0.717, 1.165) is 55.1 Å². The van der Waals surface area contributed by atoms with Crippen LogP contribution in [0.3, 0.4) is 0 Å². The summed E-state index contributed by atoms with van der Waals surface area (Å²) in [6, 6.07) is 74.5. The molecule has 5 aromatic heterocycles. The number of fused-ring (bicyclic) bond motifs is 16. The lowest BCUT2D eigenvalue weighted by Gasteiger charge is -2.13. The molecule has 0 N–H and O–H groups in total. The van der Waals surface area contributed by atoms with Crippen LogP contribution in [0.15, 0.2) is 211 Å². The van der Waals surface area contributed by atoms with Gasteiger partial charge in [-0.25, -0.2) is 15.0 Å². The Kier molecular flexibility index (Phi) is 7.86. The number of aromatic nitrogens is 4. The number of rotatable bonds is 4. The fraction of sp³-hybridized carbons (Fsp3) is 0. The standard InChI is InChI=1S/C63H34N4OS2/c1-3-13-37-32-52-47(27-35(37)11-1)48-28-36-12-2-4-14-38(36)33-53(48)67(52)42-24-21-39-29-51(60-59(46(39)34-42)45-17-5-8-18-54(45)68-60)63-65-61(40-22-25-57-49(30-40)43-15-6-9-19-55(43)69-57)64-62(66-63)41-23-26-58-50(31-41)44-16-7-10-20-56(44)70-58/h1-34H. The van der Waals surface area contributed by atoms with Crippen molar-refractivity contribution in [2.24, 2.45) is 0 Å². The van der Waals surface area contributed by atoms with Crippen molar-refractivity contribution in [3.63, 3.8) is 0 Å². The molecule has 0 saturated carbocycles. The van der Waals surface area contributed by atoms with Crippen LogP contribution < -0.4 is 0 Å². The summed E-state index contributed by atoms with van der Waals surface area (Å²) in [4.78, 5) is 16.1. The smallest absolute Gasteiger partial charge is 0.167 e. The molecule has 70 heavy (non-hydrogen) atoms.